The molecule has 0 amide bonds. The Hall–Kier alpha value is -0.280. The van der Waals surface area contributed by atoms with Gasteiger partial charge in [0.15, 0.2) is 0 Å². The third-order valence-corrected chi connectivity index (χ3v) is 5.40. The second-order valence-electron chi connectivity index (χ2n) is 6.54. The summed E-state index contributed by atoms with van der Waals surface area (Å²) >= 11 is 12.3. The highest BCUT2D eigenvalue weighted by Crippen LogP contribution is 2.39. The van der Waals surface area contributed by atoms with Crippen LogP contribution in [0.25, 0.3) is 0 Å². The second-order valence-corrected chi connectivity index (χ2v) is 7.38. The first-order valence-electron chi connectivity index (χ1n) is 7.36. The molecule has 2 saturated heterocycles. The van der Waals surface area contributed by atoms with Gasteiger partial charge in [-0.25, -0.2) is 0 Å². The van der Waals surface area contributed by atoms with Gasteiger partial charge in [0.1, 0.15) is 0 Å². The summed E-state index contributed by atoms with van der Waals surface area (Å²) in [5.41, 5.74) is 0.734. The number of fused-ring (bicyclic) bond motifs is 1. The molecule has 0 aromatic heterocycles. The van der Waals surface area contributed by atoms with Crippen LogP contribution in [0.2, 0.25) is 10.0 Å². The summed E-state index contributed by atoms with van der Waals surface area (Å²) < 4.78 is 0. The Morgan fingerprint density at radius 2 is 2.10 bits per heavy atom. The first-order chi connectivity index (χ1) is 9.44. The van der Waals surface area contributed by atoms with E-state index in [0.29, 0.717) is 17.0 Å². The molecule has 2 nitrogen and oxygen atoms in total. The summed E-state index contributed by atoms with van der Waals surface area (Å²) in [5, 5.41) is 11.7. The van der Waals surface area contributed by atoms with Crippen molar-refractivity contribution in [1.29, 1.82) is 0 Å². The molecule has 2 aliphatic rings. The zero-order valence-corrected chi connectivity index (χ0v) is 13.3. The average Bonchev–Trinajstić information content (AvgIpc) is 2.37. The van der Waals surface area contributed by atoms with Gasteiger partial charge in [0.25, 0.3) is 0 Å². The highest BCUT2D eigenvalue weighted by Gasteiger charge is 2.38. The van der Waals surface area contributed by atoms with Crippen LogP contribution in [0.1, 0.15) is 44.1 Å². The van der Waals surface area contributed by atoms with E-state index in [1.807, 2.05) is 19.1 Å². The van der Waals surface area contributed by atoms with Crippen molar-refractivity contribution in [3.63, 3.8) is 0 Å². The van der Waals surface area contributed by atoms with Crippen molar-refractivity contribution in [3.05, 3.63) is 33.8 Å². The minimum Gasteiger partial charge on any atom is -0.390 e. The Labute approximate surface area is 130 Å². The summed E-state index contributed by atoms with van der Waals surface area (Å²) in [5.74, 6) is 0.485. The van der Waals surface area contributed by atoms with Gasteiger partial charge in [0, 0.05) is 29.2 Å². The molecule has 1 N–H and O–H groups in total. The third-order valence-electron chi connectivity index (χ3n) is 4.83. The minimum atomic E-state index is -0.480. The zero-order chi connectivity index (χ0) is 14.3. The molecule has 0 spiro atoms. The molecule has 1 aromatic carbocycles. The fourth-order valence-electron chi connectivity index (χ4n) is 3.69. The lowest BCUT2D eigenvalue weighted by molar-refractivity contribution is -0.0467. The van der Waals surface area contributed by atoms with Gasteiger partial charge in [-0.1, -0.05) is 29.3 Å². The Morgan fingerprint density at radius 3 is 2.85 bits per heavy atom. The van der Waals surface area contributed by atoms with Crippen LogP contribution < -0.4 is 0 Å². The number of halogens is 2. The molecule has 0 radical (unpaired) electrons. The smallest absolute Gasteiger partial charge is 0.0646 e. The molecule has 2 fully saturated rings. The number of hydrogen-bond donors (Lipinski definition) is 1. The van der Waals surface area contributed by atoms with Gasteiger partial charge in [-0.15, -0.1) is 0 Å². The van der Waals surface area contributed by atoms with Crippen LogP contribution in [-0.4, -0.2) is 34.7 Å². The van der Waals surface area contributed by atoms with E-state index in [4.69, 9.17) is 23.2 Å². The van der Waals surface area contributed by atoms with Crippen LogP contribution in [0.3, 0.4) is 0 Å². The highest BCUT2D eigenvalue weighted by atomic mass is 35.5. The molecule has 2 aliphatic heterocycles. The highest BCUT2D eigenvalue weighted by molar-refractivity contribution is 6.35. The lowest BCUT2D eigenvalue weighted by atomic mass is 9.79. The van der Waals surface area contributed by atoms with Crippen LogP contribution >= 0.6 is 23.2 Å². The molecule has 3 atom stereocenters. The van der Waals surface area contributed by atoms with Crippen molar-refractivity contribution in [3.8, 4) is 0 Å². The molecule has 4 heteroatoms. The first-order valence-corrected chi connectivity index (χ1v) is 8.11. The number of piperidine rings is 2. The van der Waals surface area contributed by atoms with Gasteiger partial charge in [0.2, 0.25) is 0 Å². The molecular formula is C16H21Cl2NO. The van der Waals surface area contributed by atoms with Gasteiger partial charge < -0.3 is 5.11 Å². The summed E-state index contributed by atoms with van der Waals surface area (Å²) in [6, 6.07) is 6.36. The Kier molecular flexibility index (Phi) is 4.02. The van der Waals surface area contributed by atoms with E-state index in [0.717, 1.165) is 43.8 Å². The van der Waals surface area contributed by atoms with E-state index >= 15 is 0 Å². The lowest BCUT2D eigenvalue weighted by Gasteiger charge is -2.47. The van der Waals surface area contributed by atoms with Crippen LogP contribution in [0.5, 0.6) is 0 Å². The molecule has 0 unspecified atom stereocenters. The van der Waals surface area contributed by atoms with Gasteiger partial charge in [-0.3, -0.25) is 4.90 Å². The summed E-state index contributed by atoms with van der Waals surface area (Å²) in [6.07, 6.45) is 4.04. The van der Waals surface area contributed by atoms with Crippen molar-refractivity contribution in [2.24, 2.45) is 0 Å². The maximum Gasteiger partial charge on any atom is 0.0646 e. The van der Waals surface area contributed by atoms with E-state index in [9.17, 15) is 5.11 Å². The molecule has 1 aromatic rings. The molecule has 0 saturated carbocycles. The van der Waals surface area contributed by atoms with Crippen molar-refractivity contribution < 1.29 is 5.11 Å². The molecule has 3 rings (SSSR count). The Morgan fingerprint density at radius 1 is 1.30 bits per heavy atom. The number of aliphatic hydroxyl groups is 1. The van der Waals surface area contributed by atoms with E-state index < -0.39 is 5.60 Å². The summed E-state index contributed by atoms with van der Waals surface area (Å²) in [7, 11) is 0. The standard InChI is InChI=1S/C16H21Cl2NO/c1-16(20)6-7-19-10-11(2-4-13(19)9-16)14-5-3-12(17)8-15(14)18/h3,5,8,11,13,20H,2,4,6-7,9-10H2,1H3/t11-,13+,16-/m1/s1. The van der Waals surface area contributed by atoms with Crippen LogP contribution in [0, 0.1) is 0 Å². The van der Waals surface area contributed by atoms with Crippen LogP contribution in [0.15, 0.2) is 18.2 Å². The fourth-order valence-corrected chi connectivity index (χ4v) is 4.25. The monoisotopic (exact) mass is 313 g/mol. The molecule has 0 bridgehead atoms. The maximum atomic E-state index is 10.2. The molecular weight excluding hydrogens is 293 g/mol. The first kappa shape index (κ1) is 14.6. The van der Waals surface area contributed by atoms with Gasteiger partial charge in [-0.05, 0) is 56.2 Å². The largest absolute Gasteiger partial charge is 0.390 e. The number of rotatable bonds is 1. The summed E-state index contributed by atoms with van der Waals surface area (Å²) in [6.45, 7) is 3.99. The number of nitrogens with zero attached hydrogens (tertiary/aromatic N) is 1. The predicted molar refractivity (Wildman–Crippen MR) is 83.7 cm³/mol. The summed E-state index contributed by atoms with van der Waals surface area (Å²) in [4.78, 5) is 2.52. The fraction of sp³-hybridized carbons (Fsp3) is 0.625. The Bertz CT molecular complexity index is 503. The lowest BCUT2D eigenvalue weighted by Crippen LogP contribution is -2.52. The van der Waals surface area contributed by atoms with E-state index in [1.54, 1.807) is 0 Å². The number of hydrogen-bond acceptors (Lipinski definition) is 2. The average molecular weight is 314 g/mol. The Balaban J connectivity index is 1.73. The molecule has 20 heavy (non-hydrogen) atoms. The normalized spacial score (nSPS) is 34.8. The SMILES string of the molecule is C[C@@]1(O)CCN2C[C@H](c3ccc(Cl)cc3Cl)CC[C@H]2C1. The van der Waals surface area contributed by atoms with Crippen molar-refractivity contribution >= 4 is 23.2 Å². The topological polar surface area (TPSA) is 23.5 Å². The predicted octanol–water partition coefficient (Wildman–Crippen LogP) is 4.09. The quantitative estimate of drug-likeness (QED) is 0.844. The van der Waals surface area contributed by atoms with Crippen molar-refractivity contribution in [2.75, 3.05) is 13.1 Å². The molecule has 110 valence electrons. The van der Waals surface area contributed by atoms with Crippen molar-refractivity contribution in [1.82, 2.24) is 4.90 Å². The van der Waals surface area contributed by atoms with E-state index in [-0.39, 0.29) is 0 Å². The van der Waals surface area contributed by atoms with Gasteiger partial charge in [0.05, 0.1) is 5.60 Å². The number of benzene rings is 1. The van der Waals surface area contributed by atoms with Gasteiger partial charge in [-0.2, -0.15) is 0 Å². The van der Waals surface area contributed by atoms with Gasteiger partial charge >= 0.3 is 0 Å². The van der Waals surface area contributed by atoms with Crippen LogP contribution in [0.4, 0.5) is 0 Å². The third kappa shape index (κ3) is 2.99. The van der Waals surface area contributed by atoms with E-state index in [1.165, 1.54) is 5.56 Å². The van der Waals surface area contributed by atoms with E-state index in [2.05, 4.69) is 11.0 Å². The maximum absolute atomic E-state index is 10.2. The van der Waals surface area contributed by atoms with Crippen LogP contribution in [-0.2, 0) is 0 Å². The molecule has 2 heterocycles. The molecule has 0 aliphatic carbocycles. The zero-order valence-electron chi connectivity index (χ0n) is 11.8. The van der Waals surface area contributed by atoms with Crippen molar-refractivity contribution in [2.45, 2.75) is 50.2 Å². The minimum absolute atomic E-state index is 0.480. The second kappa shape index (κ2) is 5.49.